The van der Waals surface area contributed by atoms with Crippen LogP contribution < -0.4 is 9.47 Å². The molecule has 1 fully saturated rings. The van der Waals surface area contributed by atoms with Gasteiger partial charge in [-0.2, -0.15) is 14.9 Å². The first-order chi connectivity index (χ1) is 13.0. The van der Waals surface area contributed by atoms with Crippen LogP contribution in [0.1, 0.15) is 63.3 Å². The van der Waals surface area contributed by atoms with Crippen molar-refractivity contribution in [3.8, 4) is 11.5 Å². The van der Waals surface area contributed by atoms with Crippen molar-refractivity contribution in [2.45, 2.75) is 58.0 Å². The summed E-state index contributed by atoms with van der Waals surface area (Å²) in [5.41, 5.74) is 0.882. The van der Waals surface area contributed by atoms with Crippen molar-refractivity contribution in [3.05, 3.63) is 32.8 Å². The standard InChI is InChI=1S/C19H25BrN4O2S/c1-12(2)26-17-15(20)9-13(10-16(17)25-3)11-21-24-18(22-23-19(24)27)14-7-5-4-6-8-14/h9-12,14H,4-8H2,1-3H3,(H,23,27)/b21-11-. The lowest BCUT2D eigenvalue weighted by atomic mass is 9.89. The minimum absolute atomic E-state index is 0.0528. The van der Waals surface area contributed by atoms with Crippen LogP contribution in [0.15, 0.2) is 21.7 Å². The van der Waals surface area contributed by atoms with Crippen molar-refractivity contribution in [1.29, 1.82) is 0 Å². The molecule has 1 heterocycles. The third-order valence-corrected chi connectivity index (χ3v) is 5.43. The Morgan fingerprint density at radius 1 is 1.33 bits per heavy atom. The fourth-order valence-electron chi connectivity index (χ4n) is 3.33. The smallest absolute Gasteiger partial charge is 0.216 e. The Hall–Kier alpha value is -1.67. The topological polar surface area (TPSA) is 64.4 Å². The molecule has 0 amide bonds. The fourth-order valence-corrected chi connectivity index (χ4v) is 4.07. The maximum atomic E-state index is 5.84. The highest BCUT2D eigenvalue weighted by Gasteiger charge is 2.21. The Kier molecular flexibility index (Phi) is 6.70. The van der Waals surface area contributed by atoms with Gasteiger partial charge in [-0.3, -0.25) is 5.10 Å². The Morgan fingerprint density at radius 2 is 2.07 bits per heavy atom. The monoisotopic (exact) mass is 452 g/mol. The van der Waals surface area contributed by atoms with Crippen molar-refractivity contribution in [2.24, 2.45) is 5.10 Å². The van der Waals surface area contributed by atoms with Gasteiger partial charge in [-0.15, -0.1) is 0 Å². The zero-order chi connectivity index (χ0) is 19.4. The third-order valence-electron chi connectivity index (χ3n) is 4.57. The second-order valence-corrected chi connectivity index (χ2v) is 8.22. The van der Waals surface area contributed by atoms with E-state index in [9.17, 15) is 0 Å². The highest BCUT2D eigenvalue weighted by Crippen LogP contribution is 2.37. The quantitative estimate of drug-likeness (QED) is 0.468. The molecule has 6 nitrogen and oxygen atoms in total. The highest BCUT2D eigenvalue weighted by atomic mass is 79.9. The summed E-state index contributed by atoms with van der Waals surface area (Å²) in [5, 5.41) is 11.9. The number of nitrogens with zero attached hydrogens (tertiary/aromatic N) is 3. The molecule has 0 aliphatic heterocycles. The van der Waals surface area contributed by atoms with E-state index >= 15 is 0 Å². The molecular weight excluding hydrogens is 428 g/mol. The average Bonchev–Trinajstić information content (AvgIpc) is 3.02. The van der Waals surface area contributed by atoms with Crippen LogP contribution in [0, 0.1) is 4.77 Å². The molecule has 1 aliphatic rings. The van der Waals surface area contributed by atoms with Gasteiger partial charge >= 0.3 is 0 Å². The van der Waals surface area contributed by atoms with Crippen LogP contribution >= 0.6 is 28.1 Å². The first-order valence-corrected chi connectivity index (χ1v) is 10.5. The van der Waals surface area contributed by atoms with Crippen molar-refractivity contribution in [2.75, 3.05) is 7.11 Å². The maximum Gasteiger partial charge on any atom is 0.216 e. The number of hydrogen-bond acceptors (Lipinski definition) is 5. The number of methoxy groups -OCH3 is 1. The summed E-state index contributed by atoms with van der Waals surface area (Å²) < 4.78 is 14.4. The van der Waals surface area contributed by atoms with Crippen LogP contribution in [-0.4, -0.2) is 34.3 Å². The van der Waals surface area contributed by atoms with Gasteiger partial charge in [0.1, 0.15) is 0 Å². The van der Waals surface area contributed by atoms with E-state index < -0.39 is 0 Å². The van der Waals surface area contributed by atoms with Gasteiger partial charge in [0.25, 0.3) is 0 Å². The number of ether oxygens (including phenoxy) is 2. The number of aromatic amines is 1. The SMILES string of the molecule is COc1cc(/C=N\n2c(C3CCCCC3)n[nH]c2=S)cc(Br)c1OC(C)C. The van der Waals surface area contributed by atoms with E-state index in [1.807, 2.05) is 26.0 Å². The predicted octanol–water partition coefficient (Wildman–Crippen LogP) is 5.43. The Bertz CT molecular complexity index is 869. The average molecular weight is 453 g/mol. The number of nitrogens with one attached hydrogen (secondary N) is 1. The van der Waals surface area contributed by atoms with Gasteiger partial charge in [-0.25, -0.2) is 0 Å². The number of benzene rings is 1. The zero-order valence-electron chi connectivity index (χ0n) is 15.9. The van der Waals surface area contributed by atoms with E-state index in [1.165, 1.54) is 19.3 Å². The van der Waals surface area contributed by atoms with E-state index in [4.69, 9.17) is 21.7 Å². The molecule has 0 saturated heterocycles. The molecule has 1 aromatic carbocycles. The first kappa shape index (κ1) is 20.1. The molecule has 0 bridgehead atoms. The number of hydrogen-bond donors (Lipinski definition) is 1. The lowest BCUT2D eigenvalue weighted by molar-refractivity contribution is 0.228. The fraction of sp³-hybridized carbons (Fsp3) is 0.526. The van der Waals surface area contributed by atoms with Crippen LogP contribution in [0.4, 0.5) is 0 Å². The van der Waals surface area contributed by atoms with E-state index in [2.05, 4.69) is 31.2 Å². The second kappa shape index (κ2) is 9.01. The molecule has 1 aromatic heterocycles. The van der Waals surface area contributed by atoms with Crippen molar-refractivity contribution in [3.63, 3.8) is 0 Å². The normalized spacial score (nSPS) is 15.6. The molecule has 1 aliphatic carbocycles. The summed E-state index contributed by atoms with van der Waals surface area (Å²) in [5.74, 6) is 2.67. The van der Waals surface area contributed by atoms with Crippen molar-refractivity contribution < 1.29 is 9.47 Å². The zero-order valence-corrected chi connectivity index (χ0v) is 18.3. The Balaban J connectivity index is 1.89. The van der Waals surface area contributed by atoms with Crippen LogP contribution in [0.3, 0.4) is 0 Å². The number of halogens is 1. The molecule has 8 heteroatoms. The molecule has 0 spiro atoms. The van der Waals surface area contributed by atoms with Crippen LogP contribution in [0.5, 0.6) is 11.5 Å². The Morgan fingerprint density at radius 3 is 2.74 bits per heavy atom. The highest BCUT2D eigenvalue weighted by molar-refractivity contribution is 9.10. The maximum absolute atomic E-state index is 5.84. The Labute approximate surface area is 173 Å². The van der Waals surface area contributed by atoms with Crippen LogP contribution in [0.2, 0.25) is 0 Å². The van der Waals surface area contributed by atoms with Gasteiger partial charge in [0.15, 0.2) is 17.3 Å². The molecule has 146 valence electrons. The van der Waals surface area contributed by atoms with Crippen LogP contribution in [-0.2, 0) is 0 Å². The molecule has 1 N–H and O–H groups in total. The molecule has 0 radical (unpaired) electrons. The van der Waals surface area contributed by atoms with Gasteiger partial charge in [0.05, 0.1) is 23.9 Å². The molecule has 0 unspecified atom stereocenters. The minimum atomic E-state index is 0.0528. The second-order valence-electron chi connectivity index (χ2n) is 6.98. The van der Waals surface area contributed by atoms with Gasteiger partial charge in [0.2, 0.25) is 4.77 Å². The minimum Gasteiger partial charge on any atom is -0.493 e. The third kappa shape index (κ3) is 4.79. The predicted molar refractivity (Wildman–Crippen MR) is 113 cm³/mol. The van der Waals surface area contributed by atoms with Gasteiger partial charge < -0.3 is 9.47 Å². The van der Waals surface area contributed by atoms with E-state index in [0.717, 1.165) is 28.7 Å². The largest absolute Gasteiger partial charge is 0.493 e. The van der Waals surface area contributed by atoms with Gasteiger partial charge in [0, 0.05) is 5.92 Å². The summed E-state index contributed by atoms with van der Waals surface area (Å²) >= 11 is 8.94. The molecule has 0 atom stereocenters. The number of aromatic nitrogens is 3. The molecule has 3 rings (SSSR count). The van der Waals surface area contributed by atoms with Crippen molar-refractivity contribution in [1.82, 2.24) is 14.9 Å². The van der Waals surface area contributed by atoms with Gasteiger partial charge in [-0.1, -0.05) is 19.3 Å². The summed E-state index contributed by atoms with van der Waals surface area (Å²) in [6, 6.07) is 3.85. The first-order valence-electron chi connectivity index (χ1n) is 9.25. The summed E-state index contributed by atoms with van der Waals surface area (Å²) in [7, 11) is 1.63. The molecular formula is C19H25BrN4O2S. The summed E-state index contributed by atoms with van der Waals surface area (Å²) in [4.78, 5) is 0. The van der Waals surface area contributed by atoms with E-state index in [0.29, 0.717) is 22.2 Å². The lowest BCUT2D eigenvalue weighted by Gasteiger charge is -2.20. The lowest BCUT2D eigenvalue weighted by Crippen LogP contribution is -2.10. The van der Waals surface area contributed by atoms with Crippen LogP contribution in [0.25, 0.3) is 0 Å². The van der Waals surface area contributed by atoms with E-state index in [-0.39, 0.29) is 6.10 Å². The molecule has 27 heavy (non-hydrogen) atoms. The number of H-pyrrole nitrogens is 1. The van der Waals surface area contributed by atoms with Gasteiger partial charge in [-0.05, 0) is 72.5 Å². The molecule has 1 saturated carbocycles. The van der Waals surface area contributed by atoms with E-state index in [1.54, 1.807) is 18.0 Å². The summed E-state index contributed by atoms with van der Waals surface area (Å²) in [6.45, 7) is 3.96. The van der Waals surface area contributed by atoms with Crippen molar-refractivity contribution >= 4 is 34.4 Å². The number of rotatable bonds is 6. The summed E-state index contributed by atoms with van der Waals surface area (Å²) in [6.07, 6.45) is 7.85. The molecule has 2 aromatic rings.